The molecule has 0 aliphatic heterocycles. The molecular formula is C9H10ClN. The zero-order chi connectivity index (χ0) is 8.10. The summed E-state index contributed by atoms with van der Waals surface area (Å²) >= 11 is 5.74. The average molecular weight is 168 g/mol. The molecule has 0 spiro atoms. The molecule has 0 radical (unpaired) electrons. The van der Waals surface area contributed by atoms with E-state index < -0.39 is 0 Å². The highest BCUT2D eigenvalue weighted by Gasteiger charge is 1.87. The van der Waals surface area contributed by atoms with E-state index in [1.165, 1.54) is 0 Å². The van der Waals surface area contributed by atoms with Crippen LogP contribution in [0.15, 0.2) is 35.4 Å². The summed E-state index contributed by atoms with van der Waals surface area (Å²) in [6, 6.07) is 9.86. The lowest BCUT2D eigenvalue weighted by atomic mass is 10.2. The van der Waals surface area contributed by atoms with Crippen LogP contribution in [0, 0.1) is 0 Å². The highest BCUT2D eigenvalue weighted by molar-refractivity contribution is 6.31. The Morgan fingerprint density at radius 2 is 2.00 bits per heavy atom. The second-order valence-corrected chi connectivity index (χ2v) is 2.69. The molecular weight excluding hydrogens is 158 g/mol. The van der Waals surface area contributed by atoms with Gasteiger partial charge in [-0.05, 0) is 11.6 Å². The number of hydrogen-bond acceptors (Lipinski definition) is 1. The van der Waals surface area contributed by atoms with E-state index in [1.54, 1.807) is 0 Å². The van der Waals surface area contributed by atoms with Crippen molar-refractivity contribution in [2.24, 2.45) is 5.73 Å². The molecule has 0 amide bonds. The van der Waals surface area contributed by atoms with Crippen molar-refractivity contribution in [3.63, 3.8) is 0 Å². The fourth-order valence-corrected chi connectivity index (χ4v) is 0.915. The van der Waals surface area contributed by atoms with Gasteiger partial charge in [-0.15, -0.1) is 0 Å². The van der Waals surface area contributed by atoms with Crippen LogP contribution in [0.4, 0.5) is 0 Å². The molecule has 1 rings (SSSR count). The van der Waals surface area contributed by atoms with E-state index in [0.29, 0.717) is 11.6 Å². The lowest BCUT2D eigenvalue weighted by Crippen LogP contribution is -1.97. The van der Waals surface area contributed by atoms with E-state index in [0.717, 1.165) is 5.56 Å². The molecule has 11 heavy (non-hydrogen) atoms. The summed E-state index contributed by atoms with van der Waals surface area (Å²) in [5.74, 6) is 0. The molecule has 0 aliphatic rings. The zero-order valence-electron chi connectivity index (χ0n) is 6.13. The quantitative estimate of drug-likeness (QED) is 0.718. The Labute approximate surface area is 71.5 Å². The smallest absolute Gasteiger partial charge is 0.0322 e. The van der Waals surface area contributed by atoms with Crippen LogP contribution >= 0.6 is 11.6 Å². The van der Waals surface area contributed by atoms with E-state index >= 15 is 0 Å². The molecule has 0 saturated heterocycles. The van der Waals surface area contributed by atoms with Gasteiger partial charge >= 0.3 is 0 Å². The van der Waals surface area contributed by atoms with E-state index in [1.807, 2.05) is 36.4 Å². The van der Waals surface area contributed by atoms with Crippen molar-refractivity contribution in [2.45, 2.75) is 0 Å². The average Bonchev–Trinajstić information content (AvgIpc) is 2.06. The van der Waals surface area contributed by atoms with Gasteiger partial charge < -0.3 is 5.73 Å². The highest BCUT2D eigenvalue weighted by atomic mass is 35.5. The number of benzene rings is 1. The third-order valence-electron chi connectivity index (χ3n) is 1.32. The molecule has 2 N–H and O–H groups in total. The van der Waals surface area contributed by atoms with Crippen LogP contribution in [0.5, 0.6) is 0 Å². The second-order valence-electron chi connectivity index (χ2n) is 2.21. The van der Waals surface area contributed by atoms with Crippen molar-refractivity contribution in [2.75, 3.05) is 6.54 Å². The van der Waals surface area contributed by atoms with Crippen LogP contribution in [0.1, 0.15) is 5.56 Å². The third kappa shape index (κ3) is 2.74. The predicted octanol–water partition coefficient (Wildman–Crippen LogP) is 2.23. The molecule has 0 unspecified atom stereocenters. The molecule has 0 saturated carbocycles. The number of nitrogens with two attached hydrogens (primary N) is 1. The maximum Gasteiger partial charge on any atom is 0.0322 e. The molecule has 0 atom stereocenters. The van der Waals surface area contributed by atoms with Gasteiger partial charge in [0.05, 0.1) is 0 Å². The largest absolute Gasteiger partial charge is 0.326 e. The van der Waals surface area contributed by atoms with Crippen molar-refractivity contribution < 1.29 is 0 Å². The maximum atomic E-state index is 5.74. The molecule has 1 aromatic rings. The Bertz CT molecular complexity index is 241. The first-order chi connectivity index (χ1) is 5.33. The molecule has 1 nitrogen and oxygen atoms in total. The first kappa shape index (κ1) is 8.31. The van der Waals surface area contributed by atoms with Gasteiger partial charge in [-0.25, -0.2) is 0 Å². The van der Waals surface area contributed by atoms with Crippen molar-refractivity contribution >= 4 is 17.7 Å². The molecule has 0 aliphatic carbocycles. The first-order valence-corrected chi connectivity index (χ1v) is 3.82. The van der Waals surface area contributed by atoms with Gasteiger partial charge in [-0.3, -0.25) is 0 Å². The third-order valence-corrected chi connectivity index (χ3v) is 1.58. The van der Waals surface area contributed by atoms with Crippen LogP contribution in [-0.4, -0.2) is 6.54 Å². The van der Waals surface area contributed by atoms with Crippen molar-refractivity contribution in [3.05, 3.63) is 40.9 Å². The standard InChI is InChI=1S/C9H10ClN/c10-9(7-11)6-8-4-2-1-3-5-8/h1-6H,7,11H2/b9-6-. The number of rotatable bonds is 2. The second kappa shape index (κ2) is 4.16. The zero-order valence-corrected chi connectivity index (χ0v) is 6.88. The number of halogens is 1. The number of hydrogen-bond donors (Lipinski definition) is 1. The van der Waals surface area contributed by atoms with Gasteiger partial charge in [0.15, 0.2) is 0 Å². The summed E-state index contributed by atoms with van der Waals surface area (Å²) in [4.78, 5) is 0. The molecule has 0 aromatic heterocycles. The van der Waals surface area contributed by atoms with Crippen LogP contribution in [0.3, 0.4) is 0 Å². The molecule has 1 aromatic carbocycles. The molecule has 0 heterocycles. The first-order valence-electron chi connectivity index (χ1n) is 3.44. The Morgan fingerprint density at radius 3 is 2.55 bits per heavy atom. The fourth-order valence-electron chi connectivity index (χ4n) is 0.789. The molecule has 2 heteroatoms. The minimum atomic E-state index is 0.399. The Hall–Kier alpha value is -0.790. The fraction of sp³-hybridized carbons (Fsp3) is 0.111. The summed E-state index contributed by atoms with van der Waals surface area (Å²) in [5, 5.41) is 0.677. The van der Waals surface area contributed by atoms with E-state index in [-0.39, 0.29) is 0 Å². The van der Waals surface area contributed by atoms with Crippen LogP contribution < -0.4 is 5.73 Å². The SMILES string of the molecule is NC/C(Cl)=C/c1ccccc1. The van der Waals surface area contributed by atoms with Crippen LogP contribution in [0.2, 0.25) is 0 Å². The van der Waals surface area contributed by atoms with E-state index in [2.05, 4.69) is 0 Å². The van der Waals surface area contributed by atoms with Gasteiger partial charge in [-0.1, -0.05) is 41.9 Å². The normalized spacial score (nSPS) is 11.6. The topological polar surface area (TPSA) is 26.0 Å². The molecule has 0 fully saturated rings. The summed E-state index contributed by atoms with van der Waals surface area (Å²) in [6.07, 6.45) is 1.86. The van der Waals surface area contributed by atoms with E-state index in [4.69, 9.17) is 17.3 Å². The minimum Gasteiger partial charge on any atom is -0.326 e. The van der Waals surface area contributed by atoms with Gasteiger partial charge in [0.1, 0.15) is 0 Å². The van der Waals surface area contributed by atoms with Crippen molar-refractivity contribution in [1.82, 2.24) is 0 Å². The Morgan fingerprint density at radius 1 is 1.36 bits per heavy atom. The summed E-state index contributed by atoms with van der Waals surface area (Å²) in [5.41, 5.74) is 6.41. The van der Waals surface area contributed by atoms with Gasteiger partial charge in [0.25, 0.3) is 0 Å². The van der Waals surface area contributed by atoms with Gasteiger partial charge in [-0.2, -0.15) is 0 Å². The predicted molar refractivity (Wildman–Crippen MR) is 49.3 cm³/mol. The Kier molecular flexibility index (Phi) is 3.14. The maximum absolute atomic E-state index is 5.74. The van der Waals surface area contributed by atoms with Gasteiger partial charge in [0, 0.05) is 11.6 Å². The van der Waals surface area contributed by atoms with Crippen LogP contribution in [-0.2, 0) is 0 Å². The monoisotopic (exact) mass is 167 g/mol. The highest BCUT2D eigenvalue weighted by Crippen LogP contribution is 2.07. The molecule has 58 valence electrons. The Balaban J connectivity index is 2.79. The minimum absolute atomic E-state index is 0.399. The van der Waals surface area contributed by atoms with Gasteiger partial charge in [0.2, 0.25) is 0 Å². The van der Waals surface area contributed by atoms with E-state index in [9.17, 15) is 0 Å². The van der Waals surface area contributed by atoms with Crippen molar-refractivity contribution in [1.29, 1.82) is 0 Å². The van der Waals surface area contributed by atoms with Crippen LogP contribution in [0.25, 0.3) is 6.08 Å². The summed E-state index contributed by atoms with van der Waals surface area (Å²) in [6.45, 7) is 0.399. The van der Waals surface area contributed by atoms with Crippen molar-refractivity contribution in [3.8, 4) is 0 Å². The summed E-state index contributed by atoms with van der Waals surface area (Å²) in [7, 11) is 0. The lowest BCUT2D eigenvalue weighted by Gasteiger charge is -1.93. The molecule has 0 bridgehead atoms. The summed E-state index contributed by atoms with van der Waals surface area (Å²) < 4.78 is 0. The lowest BCUT2D eigenvalue weighted by molar-refractivity contribution is 1.24.